The molecule has 0 aliphatic heterocycles. The number of fused-ring (bicyclic) bond motifs is 1. The number of nitrogens with one attached hydrogen (secondary N) is 2. The molecule has 1 aromatic heterocycles. The second-order valence-electron chi connectivity index (χ2n) is 5.77. The summed E-state index contributed by atoms with van der Waals surface area (Å²) in [6.07, 6.45) is 3.59. The SMILES string of the molecule is CCCCOC(=O)c1ccccc1NC(=O)c1ccc2cc[nH]c2c1. The lowest BCUT2D eigenvalue weighted by molar-refractivity contribution is 0.0501. The predicted octanol–water partition coefficient (Wildman–Crippen LogP) is 4.38. The van der Waals surface area contributed by atoms with Gasteiger partial charge in [-0.05, 0) is 42.1 Å². The number of unbranched alkanes of at least 4 members (excludes halogenated alkanes) is 1. The van der Waals surface area contributed by atoms with E-state index in [0.717, 1.165) is 23.7 Å². The first-order valence-electron chi connectivity index (χ1n) is 8.33. The van der Waals surface area contributed by atoms with Crippen LogP contribution < -0.4 is 5.32 Å². The number of carbonyl (C=O) groups is 2. The third-order valence-corrected chi connectivity index (χ3v) is 3.94. The molecule has 0 fully saturated rings. The van der Waals surface area contributed by atoms with Crippen molar-refractivity contribution in [3.63, 3.8) is 0 Å². The molecule has 128 valence electrons. The lowest BCUT2D eigenvalue weighted by atomic mass is 10.1. The van der Waals surface area contributed by atoms with Gasteiger partial charge in [0.25, 0.3) is 5.91 Å². The number of rotatable bonds is 6. The maximum atomic E-state index is 12.5. The van der Waals surface area contributed by atoms with E-state index >= 15 is 0 Å². The number of carbonyl (C=O) groups excluding carboxylic acids is 2. The van der Waals surface area contributed by atoms with Crippen LogP contribution in [-0.4, -0.2) is 23.5 Å². The molecule has 5 heteroatoms. The number of benzene rings is 2. The molecule has 2 aromatic carbocycles. The molecule has 2 N–H and O–H groups in total. The van der Waals surface area contributed by atoms with Gasteiger partial charge in [-0.25, -0.2) is 4.79 Å². The van der Waals surface area contributed by atoms with E-state index in [1.54, 1.807) is 36.4 Å². The largest absolute Gasteiger partial charge is 0.462 e. The fourth-order valence-electron chi connectivity index (χ4n) is 2.54. The third-order valence-electron chi connectivity index (χ3n) is 3.94. The molecule has 1 heterocycles. The van der Waals surface area contributed by atoms with Crippen molar-refractivity contribution in [3.05, 3.63) is 65.9 Å². The zero-order valence-electron chi connectivity index (χ0n) is 14.0. The molecule has 3 rings (SSSR count). The van der Waals surface area contributed by atoms with Gasteiger partial charge in [-0.1, -0.05) is 31.5 Å². The van der Waals surface area contributed by atoms with Gasteiger partial charge in [-0.15, -0.1) is 0 Å². The molecule has 1 amide bonds. The van der Waals surface area contributed by atoms with Crippen LogP contribution in [0.4, 0.5) is 5.69 Å². The van der Waals surface area contributed by atoms with Crippen molar-refractivity contribution in [2.24, 2.45) is 0 Å². The lowest BCUT2D eigenvalue weighted by Crippen LogP contribution is -2.16. The Balaban J connectivity index is 1.77. The van der Waals surface area contributed by atoms with Crippen LogP contribution in [0.15, 0.2) is 54.7 Å². The van der Waals surface area contributed by atoms with E-state index in [9.17, 15) is 9.59 Å². The molecule has 3 aromatic rings. The van der Waals surface area contributed by atoms with E-state index in [0.29, 0.717) is 23.4 Å². The topological polar surface area (TPSA) is 71.2 Å². The first kappa shape index (κ1) is 16.8. The quantitative estimate of drug-likeness (QED) is 0.518. The normalized spacial score (nSPS) is 10.6. The molecule has 0 unspecified atom stereocenters. The molecule has 0 spiro atoms. The number of hydrogen-bond acceptors (Lipinski definition) is 3. The fourth-order valence-corrected chi connectivity index (χ4v) is 2.54. The van der Waals surface area contributed by atoms with E-state index in [-0.39, 0.29) is 5.91 Å². The van der Waals surface area contributed by atoms with E-state index in [4.69, 9.17) is 4.74 Å². The molecule has 0 bridgehead atoms. The zero-order valence-corrected chi connectivity index (χ0v) is 14.0. The number of hydrogen-bond donors (Lipinski definition) is 2. The number of para-hydroxylation sites is 1. The highest BCUT2D eigenvalue weighted by Crippen LogP contribution is 2.19. The molecular weight excluding hydrogens is 316 g/mol. The van der Waals surface area contributed by atoms with Crippen molar-refractivity contribution in [3.8, 4) is 0 Å². The molecular formula is C20H20N2O3. The number of amides is 1. The molecule has 0 saturated heterocycles. The van der Waals surface area contributed by atoms with E-state index in [1.807, 2.05) is 25.3 Å². The number of H-pyrrole nitrogens is 1. The average Bonchev–Trinajstić information content (AvgIpc) is 3.10. The van der Waals surface area contributed by atoms with Crippen molar-refractivity contribution >= 4 is 28.5 Å². The van der Waals surface area contributed by atoms with Gasteiger partial charge >= 0.3 is 5.97 Å². The summed E-state index contributed by atoms with van der Waals surface area (Å²) in [5, 5.41) is 3.84. The fraction of sp³-hybridized carbons (Fsp3) is 0.200. The standard InChI is InChI=1S/C20H20N2O3/c1-2-3-12-25-20(24)16-6-4-5-7-17(16)22-19(23)15-9-8-14-10-11-21-18(14)13-15/h4-11,13,21H,2-3,12H2,1H3,(H,22,23). The van der Waals surface area contributed by atoms with Crippen LogP contribution in [0.5, 0.6) is 0 Å². The Bertz CT molecular complexity index is 899. The Labute approximate surface area is 146 Å². The van der Waals surface area contributed by atoms with Crippen molar-refractivity contribution in [1.29, 1.82) is 0 Å². The monoisotopic (exact) mass is 336 g/mol. The number of aromatic nitrogens is 1. The summed E-state index contributed by atoms with van der Waals surface area (Å²) in [7, 11) is 0. The average molecular weight is 336 g/mol. The predicted molar refractivity (Wildman–Crippen MR) is 97.9 cm³/mol. The van der Waals surface area contributed by atoms with Crippen LogP contribution in [0.1, 0.15) is 40.5 Å². The van der Waals surface area contributed by atoms with Gasteiger partial charge in [0.1, 0.15) is 0 Å². The summed E-state index contributed by atoms with van der Waals surface area (Å²) < 4.78 is 5.25. The van der Waals surface area contributed by atoms with Crippen LogP contribution in [0.25, 0.3) is 10.9 Å². The Kier molecular flexibility index (Phi) is 5.14. The highest BCUT2D eigenvalue weighted by Gasteiger charge is 2.15. The maximum Gasteiger partial charge on any atom is 0.340 e. The highest BCUT2D eigenvalue weighted by molar-refractivity contribution is 6.09. The summed E-state index contributed by atoms with van der Waals surface area (Å²) in [5.41, 5.74) is 2.21. The molecule has 5 nitrogen and oxygen atoms in total. The summed E-state index contributed by atoms with van der Waals surface area (Å²) in [6, 6.07) is 14.2. The van der Waals surface area contributed by atoms with E-state index in [1.165, 1.54) is 0 Å². The number of ether oxygens (including phenoxy) is 1. The molecule has 0 atom stereocenters. The molecule has 0 saturated carbocycles. The van der Waals surface area contributed by atoms with Crippen LogP contribution >= 0.6 is 0 Å². The van der Waals surface area contributed by atoms with Gasteiger partial charge in [-0.2, -0.15) is 0 Å². The summed E-state index contributed by atoms with van der Waals surface area (Å²) in [5.74, 6) is -0.700. The van der Waals surface area contributed by atoms with E-state index < -0.39 is 5.97 Å². The molecule has 0 aliphatic rings. The first-order valence-corrected chi connectivity index (χ1v) is 8.33. The van der Waals surface area contributed by atoms with Gasteiger partial charge in [0.2, 0.25) is 0 Å². The van der Waals surface area contributed by atoms with Crippen LogP contribution in [-0.2, 0) is 4.74 Å². The number of aromatic amines is 1. The Hall–Kier alpha value is -3.08. The van der Waals surface area contributed by atoms with Gasteiger partial charge in [-0.3, -0.25) is 4.79 Å². The van der Waals surface area contributed by atoms with Crippen molar-refractivity contribution in [2.45, 2.75) is 19.8 Å². The minimum absolute atomic E-state index is 0.273. The summed E-state index contributed by atoms with van der Waals surface area (Å²) in [6.45, 7) is 2.41. The van der Waals surface area contributed by atoms with E-state index in [2.05, 4.69) is 10.3 Å². The molecule has 0 aliphatic carbocycles. The second kappa shape index (κ2) is 7.66. The minimum Gasteiger partial charge on any atom is -0.462 e. The third kappa shape index (κ3) is 3.88. The van der Waals surface area contributed by atoms with Crippen LogP contribution in [0, 0.1) is 0 Å². The van der Waals surface area contributed by atoms with Crippen LogP contribution in [0.3, 0.4) is 0 Å². The van der Waals surface area contributed by atoms with Gasteiger partial charge in [0, 0.05) is 17.3 Å². The smallest absolute Gasteiger partial charge is 0.340 e. The molecule has 0 radical (unpaired) electrons. The van der Waals surface area contributed by atoms with Crippen molar-refractivity contribution < 1.29 is 14.3 Å². The van der Waals surface area contributed by atoms with Crippen LogP contribution in [0.2, 0.25) is 0 Å². The van der Waals surface area contributed by atoms with Gasteiger partial charge in [0.15, 0.2) is 0 Å². The van der Waals surface area contributed by atoms with Gasteiger partial charge < -0.3 is 15.0 Å². The zero-order chi connectivity index (χ0) is 17.6. The Morgan fingerprint density at radius 1 is 1.12 bits per heavy atom. The highest BCUT2D eigenvalue weighted by atomic mass is 16.5. The Morgan fingerprint density at radius 2 is 1.96 bits per heavy atom. The van der Waals surface area contributed by atoms with Crippen molar-refractivity contribution in [1.82, 2.24) is 4.98 Å². The molecule has 25 heavy (non-hydrogen) atoms. The second-order valence-corrected chi connectivity index (χ2v) is 5.77. The minimum atomic E-state index is -0.427. The summed E-state index contributed by atoms with van der Waals surface area (Å²) >= 11 is 0. The van der Waals surface area contributed by atoms with Crippen molar-refractivity contribution in [2.75, 3.05) is 11.9 Å². The summed E-state index contributed by atoms with van der Waals surface area (Å²) in [4.78, 5) is 27.8. The lowest BCUT2D eigenvalue weighted by Gasteiger charge is -2.11. The van der Waals surface area contributed by atoms with Gasteiger partial charge in [0.05, 0.1) is 17.9 Å². The first-order chi connectivity index (χ1) is 12.2. The maximum absolute atomic E-state index is 12.5. The Morgan fingerprint density at radius 3 is 2.80 bits per heavy atom. The number of esters is 1. The number of anilines is 1.